The molecule has 1 aliphatic heterocycles. The minimum atomic E-state index is -0.0822. The van der Waals surface area contributed by atoms with Gasteiger partial charge in [0.25, 0.3) is 11.9 Å². The van der Waals surface area contributed by atoms with Crippen LogP contribution in [0.3, 0.4) is 0 Å². The van der Waals surface area contributed by atoms with Crippen molar-refractivity contribution in [2.45, 2.75) is 19.4 Å². The summed E-state index contributed by atoms with van der Waals surface area (Å²) in [4.78, 5) is 27.5. The lowest BCUT2D eigenvalue weighted by Crippen LogP contribution is -2.32. The highest BCUT2D eigenvalue weighted by Gasteiger charge is 2.32. The van der Waals surface area contributed by atoms with Gasteiger partial charge in [0.2, 0.25) is 0 Å². The van der Waals surface area contributed by atoms with Gasteiger partial charge in [0, 0.05) is 35.8 Å². The van der Waals surface area contributed by atoms with Gasteiger partial charge >= 0.3 is 0 Å². The van der Waals surface area contributed by atoms with E-state index < -0.39 is 0 Å². The fourth-order valence-corrected chi connectivity index (χ4v) is 3.93. The van der Waals surface area contributed by atoms with Gasteiger partial charge in [0.05, 0.1) is 0 Å². The molecule has 0 saturated carbocycles. The lowest BCUT2D eigenvalue weighted by atomic mass is 10.1. The number of nitrogens with one attached hydrogen (secondary N) is 1. The molecule has 2 aromatic heterocycles. The van der Waals surface area contributed by atoms with E-state index in [1.165, 1.54) is 0 Å². The molecule has 1 saturated heterocycles. The number of hydrogen-bond donors (Lipinski definition) is 1. The third kappa shape index (κ3) is 4.22. The van der Waals surface area contributed by atoms with Crippen LogP contribution < -0.4 is 5.32 Å². The smallest absolute Gasteiger partial charge is 0.295 e. The first-order valence-corrected chi connectivity index (χ1v) is 10.4. The van der Waals surface area contributed by atoms with Crippen molar-refractivity contribution in [2.24, 2.45) is 0 Å². The first-order chi connectivity index (χ1) is 15.6. The summed E-state index contributed by atoms with van der Waals surface area (Å²) in [7, 11) is 0. The maximum absolute atomic E-state index is 13.2. The lowest BCUT2D eigenvalue weighted by molar-refractivity contribution is -0.0980. The number of fused-ring (bicyclic) bond motifs is 1. The number of aryl methyl sites for hydroxylation is 1. The molecule has 0 aliphatic carbocycles. The number of aromatic nitrogens is 2. The number of carbonyl (C=O) groups is 2. The van der Waals surface area contributed by atoms with E-state index in [0.29, 0.717) is 46.7 Å². The molecule has 0 radical (unpaired) electrons. The van der Waals surface area contributed by atoms with Gasteiger partial charge in [-0.05, 0) is 25.5 Å². The Labute approximate surface area is 189 Å². The van der Waals surface area contributed by atoms with Gasteiger partial charge < -0.3 is 24.0 Å². The predicted octanol–water partition coefficient (Wildman–Crippen LogP) is 4.59. The number of rotatable bonds is 4. The maximum Gasteiger partial charge on any atom is 0.295 e. The third-order valence-corrected chi connectivity index (χ3v) is 5.51. The average molecular weight is 453 g/mol. The summed E-state index contributed by atoms with van der Waals surface area (Å²) in [5.74, 6) is 0.437. The van der Waals surface area contributed by atoms with Crippen molar-refractivity contribution < 1.29 is 18.5 Å². The summed E-state index contributed by atoms with van der Waals surface area (Å²) >= 11 is 6.01. The first kappa shape index (κ1) is 21.6. The molecule has 1 aliphatic rings. The Morgan fingerprint density at radius 1 is 1.22 bits per heavy atom. The summed E-state index contributed by atoms with van der Waals surface area (Å²) in [6, 6.07) is 15.4. The molecule has 8 nitrogen and oxygen atoms in total. The Morgan fingerprint density at radius 3 is 2.78 bits per heavy atom. The summed E-state index contributed by atoms with van der Waals surface area (Å²) < 4.78 is 11.1. The fraction of sp³-hybridized carbons (Fsp3) is 0.217. The Bertz CT molecular complexity index is 1240. The zero-order chi connectivity index (χ0) is 22.7. The van der Waals surface area contributed by atoms with Crippen molar-refractivity contribution in [3.05, 3.63) is 64.9 Å². The number of hydrogen-bond acceptors (Lipinski definition) is 7. The summed E-state index contributed by atoms with van der Waals surface area (Å²) in [6.45, 7) is 4.93. The quantitative estimate of drug-likeness (QED) is 0.483. The molecule has 0 bridgehead atoms. The second-order valence-corrected chi connectivity index (χ2v) is 7.78. The molecule has 4 aromatic rings. The van der Waals surface area contributed by atoms with Crippen LogP contribution in [0.2, 0.25) is 5.02 Å². The summed E-state index contributed by atoms with van der Waals surface area (Å²) in [5.41, 5.74) is 3.31. The SMILES string of the molecule is C=O.Cc1onc(-c2ccccc2)c1C(=O)N1CC[C@@H](Nc2nc3ccc(Cl)cc3o2)C1. The zero-order valence-corrected chi connectivity index (χ0v) is 18.1. The molecule has 164 valence electrons. The molecule has 1 amide bonds. The molecule has 32 heavy (non-hydrogen) atoms. The number of amides is 1. The van der Waals surface area contributed by atoms with Gasteiger partial charge in [-0.25, -0.2) is 0 Å². The van der Waals surface area contributed by atoms with Crippen molar-refractivity contribution in [3.63, 3.8) is 0 Å². The van der Waals surface area contributed by atoms with Crippen LogP contribution in [-0.4, -0.2) is 46.9 Å². The number of likely N-dealkylation sites (tertiary alicyclic amines) is 1. The van der Waals surface area contributed by atoms with Gasteiger partial charge in [-0.15, -0.1) is 0 Å². The number of nitrogens with zero attached hydrogens (tertiary/aromatic N) is 3. The monoisotopic (exact) mass is 452 g/mol. The third-order valence-electron chi connectivity index (χ3n) is 5.28. The molecule has 0 spiro atoms. The number of anilines is 1. The summed E-state index contributed by atoms with van der Waals surface area (Å²) in [6.07, 6.45) is 0.788. The maximum atomic E-state index is 13.2. The Morgan fingerprint density at radius 2 is 2.00 bits per heavy atom. The van der Waals surface area contributed by atoms with Crippen LogP contribution in [-0.2, 0) is 4.79 Å². The molecule has 2 aromatic carbocycles. The van der Waals surface area contributed by atoms with Crippen LogP contribution in [0.5, 0.6) is 0 Å². The second-order valence-electron chi connectivity index (χ2n) is 7.34. The van der Waals surface area contributed by atoms with Crippen LogP contribution in [0.15, 0.2) is 57.5 Å². The molecule has 3 heterocycles. The number of halogens is 1. The van der Waals surface area contributed by atoms with E-state index in [-0.39, 0.29) is 11.9 Å². The van der Waals surface area contributed by atoms with Gasteiger partial charge in [-0.3, -0.25) is 4.79 Å². The second kappa shape index (κ2) is 9.23. The molecule has 1 atom stereocenters. The minimum absolute atomic E-state index is 0.0397. The number of oxazole rings is 1. The number of benzene rings is 2. The van der Waals surface area contributed by atoms with Crippen LogP contribution in [0.4, 0.5) is 6.01 Å². The van der Waals surface area contributed by atoms with E-state index in [4.69, 9.17) is 25.3 Å². The molecular weight excluding hydrogens is 432 g/mol. The van der Waals surface area contributed by atoms with Crippen LogP contribution in [0.1, 0.15) is 22.5 Å². The Kier molecular flexibility index (Phi) is 6.23. The van der Waals surface area contributed by atoms with Crippen LogP contribution >= 0.6 is 11.6 Å². The van der Waals surface area contributed by atoms with Crippen molar-refractivity contribution in [1.82, 2.24) is 15.0 Å². The minimum Gasteiger partial charge on any atom is -0.423 e. The van der Waals surface area contributed by atoms with Crippen LogP contribution in [0.25, 0.3) is 22.4 Å². The Hall–Kier alpha value is -3.65. The van der Waals surface area contributed by atoms with Gasteiger partial charge in [0.15, 0.2) is 5.58 Å². The van der Waals surface area contributed by atoms with Gasteiger partial charge in [-0.1, -0.05) is 47.1 Å². The lowest BCUT2D eigenvalue weighted by Gasteiger charge is -2.17. The van der Waals surface area contributed by atoms with E-state index in [9.17, 15) is 4.79 Å². The van der Waals surface area contributed by atoms with Crippen LogP contribution in [0, 0.1) is 6.92 Å². The van der Waals surface area contributed by atoms with E-state index >= 15 is 0 Å². The topological polar surface area (TPSA) is 101 Å². The van der Waals surface area contributed by atoms with Gasteiger partial charge in [0.1, 0.15) is 29.3 Å². The van der Waals surface area contributed by atoms with Crippen molar-refractivity contribution >= 4 is 41.4 Å². The highest BCUT2D eigenvalue weighted by atomic mass is 35.5. The van der Waals surface area contributed by atoms with Gasteiger partial charge in [-0.2, -0.15) is 4.98 Å². The van der Waals surface area contributed by atoms with Crippen molar-refractivity contribution in [1.29, 1.82) is 0 Å². The molecule has 1 N–H and O–H groups in total. The molecule has 0 unspecified atom stereocenters. The largest absolute Gasteiger partial charge is 0.423 e. The number of carbonyl (C=O) groups excluding carboxylic acids is 2. The first-order valence-electron chi connectivity index (χ1n) is 10.0. The zero-order valence-electron chi connectivity index (χ0n) is 17.4. The van der Waals surface area contributed by atoms with Crippen molar-refractivity contribution in [2.75, 3.05) is 18.4 Å². The average Bonchev–Trinajstić information content (AvgIpc) is 3.53. The highest BCUT2D eigenvalue weighted by molar-refractivity contribution is 6.31. The van der Waals surface area contributed by atoms with E-state index in [2.05, 4.69) is 15.5 Å². The standard InChI is InChI=1S/C22H19ClN4O3.CH2O/c1-13-19(20(26-30-13)14-5-3-2-4-6-14)21(28)27-10-9-16(12-27)24-22-25-17-8-7-15(23)11-18(17)29-22;1-2/h2-8,11,16H,9-10,12H2,1H3,(H,24,25);1H2/t16-;/m1./s1. The Balaban J connectivity index is 0.00000119. The predicted molar refractivity (Wildman–Crippen MR) is 121 cm³/mol. The fourth-order valence-electron chi connectivity index (χ4n) is 3.77. The molecular formula is C23H21ClN4O4. The van der Waals surface area contributed by atoms with Crippen molar-refractivity contribution in [3.8, 4) is 11.3 Å². The van der Waals surface area contributed by atoms with E-state index in [1.807, 2.05) is 48.1 Å². The summed E-state index contributed by atoms with van der Waals surface area (Å²) in [5, 5.41) is 8.01. The van der Waals surface area contributed by atoms with E-state index in [0.717, 1.165) is 17.5 Å². The molecule has 9 heteroatoms. The van der Waals surface area contributed by atoms with E-state index in [1.54, 1.807) is 19.1 Å². The molecule has 5 rings (SSSR count). The molecule has 1 fully saturated rings. The highest BCUT2D eigenvalue weighted by Crippen LogP contribution is 2.28. The normalized spacial score (nSPS) is 15.4.